The number of anilines is 1. The lowest BCUT2D eigenvalue weighted by Gasteiger charge is -2.32. The molecule has 8 heteroatoms. The summed E-state index contributed by atoms with van der Waals surface area (Å²) in [6.45, 7) is 11.6. The van der Waals surface area contributed by atoms with E-state index in [4.69, 9.17) is 0 Å². The molecule has 0 aromatic heterocycles. The van der Waals surface area contributed by atoms with Crippen molar-refractivity contribution >= 4 is 27.5 Å². The average Bonchev–Trinajstić information content (AvgIpc) is 2.90. The third kappa shape index (κ3) is 7.47. The van der Waals surface area contributed by atoms with E-state index in [2.05, 4.69) is 5.32 Å². The van der Waals surface area contributed by atoms with E-state index < -0.39 is 28.5 Å². The van der Waals surface area contributed by atoms with Gasteiger partial charge in [-0.2, -0.15) is 0 Å². The van der Waals surface area contributed by atoms with Crippen LogP contribution < -0.4 is 9.62 Å². The lowest BCUT2D eigenvalue weighted by Crippen LogP contribution is -2.51. The van der Waals surface area contributed by atoms with Crippen LogP contribution in [0.4, 0.5) is 5.69 Å². The van der Waals surface area contributed by atoms with Crippen molar-refractivity contribution in [2.45, 2.75) is 59.0 Å². The molecule has 0 spiro atoms. The average molecular weight is 550 g/mol. The Hall–Kier alpha value is -3.65. The number of hydrogen-bond acceptors (Lipinski definition) is 4. The Balaban J connectivity index is 2.04. The third-order valence-electron chi connectivity index (χ3n) is 6.74. The smallest absolute Gasteiger partial charge is 0.264 e. The van der Waals surface area contributed by atoms with Gasteiger partial charge in [-0.05, 0) is 68.5 Å². The Morgan fingerprint density at radius 3 is 2.18 bits per heavy atom. The van der Waals surface area contributed by atoms with Crippen LogP contribution in [0, 0.1) is 26.7 Å². The number of nitrogens with one attached hydrogen (secondary N) is 1. The van der Waals surface area contributed by atoms with E-state index in [-0.39, 0.29) is 23.3 Å². The van der Waals surface area contributed by atoms with Gasteiger partial charge in [0.1, 0.15) is 12.6 Å². The van der Waals surface area contributed by atoms with E-state index in [1.54, 1.807) is 37.3 Å². The van der Waals surface area contributed by atoms with Gasteiger partial charge >= 0.3 is 0 Å². The summed E-state index contributed by atoms with van der Waals surface area (Å²) in [5.74, 6) is -0.504. The van der Waals surface area contributed by atoms with Crippen molar-refractivity contribution in [1.29, 1.82) is 0 Å². The number of amides is 2. The van der Waals surface area contributed by atoms with Crippen LogP contribution in [0.1, 0.15) is 43.0 Å². The van der Waals surface area contributed by atoms with Crippen LogP contribution in [0.5, 0.6) is 0 Å². The summed E-state index contributed by atoms with van der Waals surface area (Å²) in [4.78, 5) is 28.7. The molecule has 2 amide bonds. The first-order chi connectivity index (χ1) is 18.4. The maximum atomic E-state index is 14.0. The zero-order valence-electron chi connectivity index (χ0n) is 23.6. The summed E-state index contributed by atoms with van der Waals surface area (Å²) in [7, 11) is -4.08. The summed E-state index contributed by atoms with van der Waals surface area (Å²) in [5.41, 5.74) is 3.99. The molecule has 0 aliphatic rings. The predicted octanol–water partition coefficient (Wildman–Crippen LogP) is 5.00. The quantitative estimate of drug-likeness (QED) is 0.365. The molecule has 1 N–H and O–H groups in total. The van der Waals surface area contributed by atoms with Crippen LogP contribution in [0.3, 0.4) is 0 Å². The molecule has 0 unspecified atom stereocenters. The Labute approximate surface area is 232 Å². The molecule has 3 aromatic carbocycles. The maximum absolute atomic E-state index is 14.0. The highest BCUT2D eigenvalue weighted by Crippen LogP contribution is 2.29. The van der Waals surface area contributed by atoms with E-state index in [9.17, 15) is 18.0 Å². The molecule has 0 bridgehead atoms. The van der Waals surface area contributed by atoms with Gasteiger partial charge in [0, 0.05) is 13.1 Å². The number of sulfonamides is 1. The van der Waals surface area contributed by atoms with Crippen LogP contribution in [0.15, 0.2) is 77.7 Å². The standard InChI is InChI=1S/C31H39N3O4S/c1-22(2)19-32-31(36)26(6)33(20-27-14-10-12-23(3)18-27)30(35)21-34(29-17-11-13-24(4)25(29)5)39(37,38)28-15-8-7-9-16-28/h7-18,22,26H,19-21H2,1-6H3,(H,32,36)/t26-/m0/s1. The van der Waals surface area contributed by atoms with E-state index in [0.717, 1.165) is 26.6 Å². The molecule has 1 atom stereocenters. The fourth-order valence-corrected chi connectivity index (χ4v) is 5.77. The molecular weight excluding hydrogens is 510 g/mol. The first-order valence-electron chi connectivity index (χ1n) is 13.2. The third-order valence-corrected chi connectivity index (χ3v) is 8.52. The topological polar surface area (TPSA) is 86.8 Å². The van der Waals surface area contributed by atoms with Crippen LogP contribution in [-0.4, -0.2) is 44.3 Å². The van der Waals surface area contributed by atoms with Gasteiger partial charge in [0.2, 0.25) is 11.8 Å². The van der Waals surface area contributed by atoms with Crippen LogP contribution >= 0.6 is 0 Å². The molecule has 0 saturated heterocycles. The Morgan fingerprint density at radius 1 is 0.872 bits per heavy atom. The maximum Gasteiger partial charge on any atom is 0.264 e. The molecule has 7 nitrogen and oxygen atoms in total. The van der Waals surface area contributed by atoms with Gasteiger partial charge in [-0.3, -0.25) is 13.9 Å². The minimum atomic E-state index is -4.08. The number of nitrogens with zero attached hydrogens (tertiary/aromatic N) is 2. The van der Waals surface area contributed by atoms with Gasteiger partial charge in [0.05, 0.1) is 10.6 Å². The van der Waals surface area contributed by atoms with Crippen molar-refractivity contribution in [1.82, 2.24) is 10.2 Å². The van der Waals surface area contributed by atoms with Gasteiger partial charge in [0.25, 0.3) is 10.0 Å². The number of carbonyl (C=O) groups excluding carboxylic acids is 2. The number of benzene rings is 3. The van der Waals surface area contributed by atoms with E-state index in [1.165, 1.54) is 17.0 Å². The summed E-state index contributed by atoms with van der Waals surface area (Å²) in [6.07, 6.45) is 0. The number of hydrogen-bond donors (Lipinski definition) is 1. The molecule has 0 aliphatic heterocycles. The van der Waals surface area contributed by atoms with Crippen LogP contribution in [-0.2, 0) is 26.2 Å². The molecule has 39 heavy (non-hydrogen) atoms. The highest BCUT2D eigenvalue weighted by Gasteiger charge is 2.33. The largest absolute Gasteiger partial charge is 0.354 e. The lowest BCUT2D eigenvalue weighted by molar-refractivity contribution is -0.139. The Bertz CT molecular complexity index is 1400. The van der Waals surface area contributed by atoms with E-state index >= 15 is 0 Å². The normalized spacial score (nSPS) is 12.2. The molecule has 0 aliphatic carbocycles. The zero-order valence-corrected chi connectivity index (χ0v) is 24.5. The molecular formula is C31H39N3O4S. The molecule has 3 rings (SSSR count). The molecule has 0 radical (unpaired) electrons. The predicted molar refractivity (Wildman–Crippen MR) is 156 cm³/mol. The summed E-state index contributed by atoms with van der Waals surface area (Å²) in [6, 6.07) is 20.4. The van der Waals surface area contributed by atoms with Gasteiger partial charge < -0.3 is 10.2 Å². The van der Waals surface area contributed by atoms with Crippen molar-refractivity contribution in [2.75, 3.05) is 17.4 Å². The first-order valence-corrected chi connectivity index (χ1v) is 14.6. The first kappa shape index (κ1) is 29.9. The molecule has 208 valence electrons. The fraction of sp³-hybridized carbons (Fsp3) is 0.355. The summed E-state index contributed by atoms with van der Waals surface area (Å²) < 4.78 is 29.0. The van der Waals surface area contributed by atoms with Crippen molar-refractivity contribution in [3.05, 3.63) is 95.1 Å². The van der Waals surface area contributed by atoms with Gasteiger partial charge in [-0.1, -0.05) is 74.0 Å². The second-order valence-electron chi connectivity index (χ2n) is 10.4. The minimum absolute atomic E-state index is 0.0895. The SMILES string of the molecule is Cc1cccc(CN(C(=O)CN(c2cccc(C)c2C)S(=O)(=O)c2ccccc2)[C@@H](C)C(=O)NCC(C)C)c1. The van der Waals surface area contributed by atoms with Gasteiger partial charge in [0.15, 0.2) is 0 Å². The van der Waals surface area contributed by atoms with E-state index in [0.29, 0.717) is 12.2 Å². The van der Waals surface area contributed by atoms with Crippen molar-refractivity contribution in [2.24, 2.45) is 5.92 Å². The molecule has 0 heterocycles. The number of aryl methyl sites for hydroxylation is 2. The second kappa shape index (κ2) is 12.9. The van der Waals surface area contributed by atoms with Crippen molar-refractivity contribution in [3.8, 4) is 0 Å². The van der Waals surface area contributed by atoms with Crippen molar-refractivity contribution < 1.29 is 18.0 Å². The molecule has 0 fully saturated rings. The van der Waals surface area contributed by atoms with Gasteiger partial charge in [-0.15, -0.1) is 0 Å². The number of rotatable bonds is 11. The van der Waals surface area contributed by atoms with Crippen LogP contribution in [0.2, 0.25) is 0 Å². The molecule has 0 saturated carbocycles. The Morgan fingerprint density at radius 2 is 1.54 bits per heavy atom. The Kier molecular flexibility index (Phi) is 9.92. The zero-order chi connectivity index (χ0) is 28.7. The van der Waals surface area contributed by atoms with Gasteiger partial charge in [-0.25, -0.2) is 8.42 Å². The highest BCUT2D eigenvalue weighted by molar-refractivity contribution is 7.92. The highest BCUT2D eigenvalue weighted by atomic mass is 32.2. The van der Waals surface area contributed by atoms with Crippen molar-refractivity contribution in [3.63, 3.8) is 0 Å². The summed E-state index contributed by atoms with van der Waals surface area (Å²) >= 11 is 0. The second-order valence-corrected chi connectivity index (χ2v) is 12.2. The lowest BCUT2D eigenvalue weighted by atomic mass is 10.1. The van der Waals surface area contributed by atoms with E-state index in [1.807, 2.05) is 65.0 Å². The monoisotopic (exact) mass is 549 g/mol. The fourth-order valence-electron chi connectivity index (χ4n) is 4.28. The minimum Gasteiger partial charge on any atom is -0.354 e. The summed E-state index contributed by atoms with van der Waals surface area (Å²) in [5, 5.41) is 2.91. The molecule has 3 aromatic rings. The van der Waals surface area contributed by atoms with Crippen LogP contribution in [0.25, 0.3) is 0 Å². The number of carbonyl (C=O) groups is 2.